The number of ketones is 2. The van der Waals surface area contributed by atoms with E-state index >= 15 is 0 Å². The zero-order valence-electron chi connectivity index (χ0n) is 50.9. The first-order valence-electron chi connectivity index (χ1n) is 30.5. The van der Waals surface area contributed by atoms with E-state index in [9.17, 15) is 53.1 Å². The summed E-state index contributed by atoms with van der Waals surface area (Å²) in [4.78, 5) is 146. The minimum atomic E-state index is -1.46. The molecule has 8 amide bonds. The summed E-state index contributed by atoms with van der Waals surface area (Å²) in [5.74, 6) is -9.39. The van der Waals surface area contributed by atoms with Gasteiger partial charge >= 0.3 is 0 Å². The number of aliphatic imine (C=N–C) groups is 1. The maximum absolute atomic E-state index is 14.6. The molecule has 0 saturated carbocycles. The molecule has 21 N–H and O–H groups in total. The maximum Gasteiger partial charge on any atom is 0.243 e. The van der Waals surface area contributed by atoms with Gasteiger partial charge in [-0.2, -0.15) is 0 Å². The Hall–Kier alpha value is -6.61. The third-order valence-corrected chi connectivity index (χ3v) is 14.6. The third kappa shape index (κ3) is 30.3. The van der Waals surface area contributed by atoms with Crippen LogP contribution in [0.25, 0.3) is 0 Å². The van der Waals surface area contributed by atoms with E-state index in [2.05, 4.69) is 54.5 Å². The lowest BCUT2D eigenvalue weighted by molar-refractivity contribution is -0.136. The van der Waals surface area contributed by atoms with Crippen molar-refractivity contribution in [2.75, 3.05) is 39.3 Å². The molecule has 480 valence electrons. The largest absolute Gasteiger partial charge is 0.393 e. The van der Waals surface area contributed by atoms with Crippen LogP contribution in [0.4, 0.5) is 0 Å². The van der Waals surface area contributed by atoms with Gasteiger partial charge in [-0.25, -0.2) is 0 Å². The number of hydrogen-bond acceptors (Lipinski definition) is 16. The predicted octanol–water partition coefficient (Wildman–Crippen LogP) is -1.05. The first-order chi connectivity index (χ1) is 40.4. The van der Waals surface area contributed by atoms with Crippen LogP contribution >= 0.6 is 0 Å². The standard InChI is InChI=1S/C59H103N15O11/c1-6-7-8-9-13-17-41(75)35-42(76)33-39(19-24-60)52(79)70-47-23-29-66-51(78)40(30-36(2)3)34-50(77)44(22-28-67-53(80)43(63)18-14-27-68-59(64)65)69-54(81)45(20-25-61)72-57(84)48(31-37(4)5)73-58(85)49(32-38-15-11-10-12-16-38)74-55(82)46(21-26-62)71-56(47)83/h10-12,15-16,36-37,39-41,43-49,75H,6-9,13-14,17-35,60-63H2,1-5H3,(H,66,78)(H,67,80)(H,69,81)(H,70,79)(H,71,83)(H,72,84)(H,73,85)(H,74,82)(H4,64,65,68)/t39-,40+,41+,43-,44-,45-,46-,47-,48-,49+/m0/s1. The van der Waals surface area contributed by atoms with Crippen molar-refractivity contribution in [3.05, 3.63) is 35.9 Å². The number of guanidine groups is 1. The van der Waals surface area contributed by atoms with Gasteiger partial charge < -0.3 is 82.0 Å². The molecular formula is C59H103N15O11. The fraction of sp³-hybridized carbons (Fsp3) is 0.712. The Morgan fingerprint density at radius 3 is 1.82 bits per heavy atom. The van der Waals surface area contributed by atoms with Crippen LogP contribution in [0.1, 0.15) is 156 Å². The first-order valence-corrected chi connectivity index (χ1v) is 30.5. The number of aliphatic hydroxyl groups is 1. The van der Waals surface area contributed by atoms with Crippen LogP contribution < -0.4 is 76.9 Å². The SMILES string of the molecule is CCCCCCC[C@@H](O)CC(=O)C[C@H](CCN)C(=O)N[C@H]1CCNC(=O)[C@H](CC(C)C)CC(=O)[C@H](CCNC(=O)[C@@H](N)CCCN=C(N)N)NC(=O)[C@H](CCN)NC(=O)[C@H](CC(C)C)NC(=O)[C@@H](Cc2ccccc2)NC(=O)[C@H](CCN)NC1=O. The van der Waals surface area contributed by atoms with Crippen molar-refractivity contribution in [2.45, 2.75) is 205 Å². The van der Waals surface area contributed by atoms with Gasteiger partial charge in [0.2, 0.25) is 47.3 Å². The topological polar surface area (TPSA) is 456 Å². The number of amides is 8. The van der Waals surface area contributed by atoms with Crippen molar-refractivity contribution in [3.63, 3.8) is 0 Å². The quantitative estimate of drug-likeness (QED) is 0.0232. The number of unbranched alkanes of at least 4 members (excludes halogenated alkanes) is 4. The Labute approximate surface area is 502 Å². The minimum Gasteiger partial charge on any atom is -0.393 e. The third-order valence-electron chi connectivity index (χ3n) is 14.6. The Morgan fingerprint density at radius 1 is 0.647 bits per heavy atom. The van der Waals surface area contributed by atoms with Crippen LogP contribution in [0.3, 0.4) is 0 Å². The van der Waals surface area contributed by atoms with Crippen molar-refractivity contribution < 1.29 is 53.1 Å². The Kier molecular flexibility index (Phi) is 36.3. The molecule has 26 nitrogen and oxygen atoms in total. The van der Waals surface area contributed by atoms with Gasteiger partial charge in [-0.1, -0.05) is 97.1 Å². The summed E-state index contributed by atoms with van der Waals surface area (Å²) < 4.78 is 0. The van der Waals surface area contributed by atoms with Gasteiger partial charge in [0.15, 0.2) is 11.7 Å². The van der Waals surface area contributed by atoms with E-state index in [-0.39, 0.29) is 133 Å². The summed E-state index contributed by atoms with van der Waals surface area (Å²) in [7, 11) is 0. The van der Waals surface area contributed by atoms with E-state index in [0.717, 1.165) is 32.1 Å². The summed E-state index contributed by atoms with van der Waals surface area (Å²) in [5.41, 5.74) is 35.5. The second kappa shape index (κ2) is 41.4. The van der Waals surface area contributed by atoms with Crippen LogP contribution in [-0.2, 0) is 54.4 Å². The number of benzene rings is 1. The van der Waals surface area contributed by atoms with Crippen molar-refractivity contribution >= 4 is 64.8 Å². The molecule has 1 heterocycles. The lowest BCUT2D eigenvalue weighted by Gasteiger charge is -2.28. The highest BCUT2D eigenvalue weighted by atomic mass is 16.3. The van der Waals surface area contributed by atoms with E-state index in [0.29, 0.717) is 18.4 Å². The number of nitrogens with two attached hydrogens (primary N) is 6. The number of carbonyl (C=O) groups excluding carboxylic acids is 10. The van der Waals surface area contributed by atoms with Gasteiger partial charge in [0.05, 0.1) is 18.2 Å². The van der Waals surface area contributed by atoms with Gasteiger partial charge in [-0.3, -0.25) is 52.9 Å². The highest BCUT2D eigenvalue weighted by Gasteiger charge is 2.36. The van der Waals surface area contributed by atoms with Gasteiger partial charge in [0.25, 0.3) is 0 Å². The van der Waals surface area contributed by atoms with Gasteiger partial charge in [0.1, 0.15) is 36.0 Å². The molecule has 0 spiro atoms. The molecule has 10 atom stereocenters. The second-order valence-corrected chi connectivity index (χ2v) is 23.1. The molecule has 1 aliphatic rings. The molecule has 1 aromatic carbocycles. The number of aliphatic hydroxyl groups excluding tert-OH is 1. The fourth-order valence-corrected chi connectivity index (χ4v) is 9.94. The summed E-state index contributed by atoms with van der Waals surface area (Å²) in [6, 6.07) is -0.425. The zero-order valence-corrected chi connectivity index (χ0v) is 50.9. The van der Waals surface area contributed by atoms with Gasteiger partial charge in [-0.05, 0) is 101 Å². The van der Waals surface area contributed by atoms with E-state index in [1.807, 2.05) is 27.7 Å². The van der Waals surface area contributed by atoms with Crippen LogP contribution in [-0.4, -0.2) is 158 Å². The molecule has 26 heteroatoms. The number of carbonyl (C=O) groups is 10. The van der Waals surface area contributed by atoms with Gasteiger partial charge in [-0.15, -0.1) is 0 Å². The monoisotopic (exact) mass is 1200 g/mol. The van der Waals surface area contributed by atoms with Crippen molar-refractivity contribution in [1.29, 1.82) is 0 Å². The zero-order chi connectivity index (χ0) is 63.4. The van der Waals surface area contributed by atoms with Crippen molar-refractivity contribution in [3.8, 4) is 0 Å². The molecule has 1 aliphatic heterocycles. The normalized spacial score (nSPS) is 21.9. The Morgan fingerprint density at radius 2 is 1.22 bits per heavy atom. The Bertz CT molecular complexity index is 2290. The van der Waals surface area contributed by atoms with Crippen LogP contribution in [0.15, 0.2) is 35.3 Å². The van der Waals surface area contributed by atoms with Crippen molar-refractivity contribution in [2.24, 2.45) is 63.1 Å². The minimum absolute atomic E-state index is 0.00199. The smallest absolute Gasteiger partial charge is 0.243 e. The average Bonchev–Trinajstić information content (AvgIpc) is 3.62. The molecule has 0 unspecified atom stereocenters. The number of nitrogens with one attached hydrogen (secondary N) is 8. The average molecular weight is 1200 g/mol. The van der Waals surface area contributed by atoms with Crippen LogP contribution in [0.2, 0.25) is 0 Å². The molecule has 0 bridgehead atoms. The summed E-state index contributed by atoms with van der Waals surface area (Å²) in [6.45, 7) is 9.02. The van der Waals surface area contributed by atoms with E-state index in [1.165, 1.54) is 0 Å². The van der Waals surface area contributed by atoms with E-state index in [4.69, 9.17) is 34.4 Å². The molecule has 1 fully saturated rings. The summed E-state index contributed by atoms with van der Waals surface area (Å²) in [6.07, 6.45) is 3.56. The number of Topliss-reactive ketones (excluding diaryl/α,β-unsaturated/α-hetero) is 2. The van der Waals surface area contributed by atoms with Gasteiger partial charge in [0, 0.05) is 57.2 Å². The molecule has 85 heavy (non-hydrogen) atoms. The second-order valence-electron chi connectivity index (χ2n) is 23.1. The molecule has 0 radical (unpaired) electrons. The molecule has 1 saturated heterocycles. The van der Waals surface area contributed by atoms with E-state index < -0.39 is 120 Å². The molecule has 0 aliphatic carbocycles. The highest BCUT2D eigenvalue weighted by Crippen LogP contribution is 2.20. The summed E-state index contributed by atoms with van der Waals surface area (Å²) in [5, 5.41) is 32.5. The van der Waals surface area contributed by atoms with E-state index in [1.54, 1.807) is 30.3 Å². The fourth-order valence-electron chi connectivity index (χ4n) is 9.94. The first kappa shape index (κ1) is 74.5. The number of rotatable bonds is 32. The molecular weight excluding hydrogens is 1090 g/mol. The van der Waals surface area contributed by atoms with Crippen LogP contribution in [0, 0.1) is 23.7 Å². The highest BCUT2D eigenvalue weighted by molar-refractivity contribution is 5.98. The Balaban J connectivity index is 2.74. The lowest BCUT2D eigenvalue weighted by Crippen LogP contribution is -2.60. The molecule has 2 rings (SSSR count). The predicted molar refractivity (Wildman–Crippen MR) is 325 cm³/mol. The molecule has 1 aromatic rings. The van der Waals surface area contributed by atoms with Crippen LogP contribution in [0.5, 0.6) is 0 Å². The maximum atomic E-state index is 14.6. The lowest BCUT2D eigenvalue weighted by atomic mass is 9.89. The number of nitrogens with zero attached hydrogens (tertiary/aromatic N) is 1. The molecule has 0 aromatic heterocycles. The van der Waals surface area contributed by atoms with Crippen molar-refractivity contribution in [1.82, 2.24) is 42.5 Å². The number of hydrogen-bond donors (Lipinski definition) is 15. The summed E-state index contributed by atoms with van der Waals surface area (Å²) >= 11 is 0.